The third-order valence-corrected chi connectivity index (χ3v) is 6.28. The van der Waals surface area contributed by atoms with E-state index in [1.54, 1.807) is 29.5 Å². The second-order valence-corrected chi connectivity index (χ2v) is 8.96. The number of aliphatic carboxylic acids is 1. The molecule has 2 N–H and O–H groups in total. The Morgan fingerprint density at radius 2 is 1.85 bits per heavy atom. The number of thiazole rings is 1. The van der Waals surface area contributed by atoms with Crippen LogP contribution in [0.5, 0.6) is 11.5 Å². The van der Waals surface area contributed by atoms with Crippen LogP contribution in [0.1, 0.15) is 23.6 Å². The van der Waals surface area contributed by atoms with Gasteiger partial charge in [0.1, 0.15) is 16.5 Å². The molecular formula is C25H23ClN2O4S. The van der Waals surface area contributed by atoms with Gasteiger partial charge < -0.3 is 19.9 Å². The quantitative estimate of drug-likeness (QED) is 0.301. The van der Waals surface area contributed by atoms with E-state index < -0.39 is 12.1 Å². The van der Waals surface area contributed by atoms with Crippen LogP contribution in [0.3, 0.4) is 0 Å². The van der Waals surface area contributed by atoms with Crippen molar-refractivity contribution in [3.05, 3.63) is 88.4 Å². The van der Waals surface area contributed by atoms with Crippen molar-refractivity contribution in [1.82, 2.24) is 10.3 Å². The lowest BCUT2D eigenvalue weighted by atomic mass is 10.2. The van der Waals surface area contributed by atoms with Crippen molar-refractivity contribution in [2.45, 2.75) is 25.7 Å². The first-order valence-electron chi connectivity index (χ1n) is 10.4. The molecule has 4 aromatic rings. The van der Waals surface area contributed by atoms with Crippen LogP contribution < -0.4 is 14.8 Å². The maximum absolute atomic E-state index is 11.0. The van der Waals surface area contributed by atoms with Crippen molar-refractivity contribution in [1.29, 1.82) is 0 Å². The zero-order valence-electron chi connectivity index (χ0n) is 17.9. The van der Waals surface area contributed by atoms with Crippen molar-refractivity contribution in [3.8, 4) is 11.5 Å². The Morgan fingerprint density at radius 3 is 2.61 bits per heavy atom. The molecule has 0 amide bonds. The molecule has 0 aliphatic heterocycles. The number of hydrogen-bond donors (Lipinski definition) is 2. The number of rotatable bonds is 10. The van der Waals surface area contributed by atoms with Gasteiger partial charge in [0.2, 0.25) is 0 Å². The number of carboxylic acid groups (broad SMARTS) is 1. The standard InChI is InChI=1S/C25H23ClN2O4S/c1-16(25(29)30)31-20-6-4-5-17(13-20)14-27-15-22(32-19-11-9-18(26)10-12-19)24-28-21-7-2-3-8-23(21)33-24/h2-13,16,22,27H,14-15H2,1H3,(H,29,30). The second kappa shape index (κ2) is 10.7. The largest absolute Gasteiger partial charge is 0.482 e. The molecule has 4 rings (SSSR count). The molecule has 170 valence electrons. The van der Waals surface area contributed by atoms with E-state index in [9.17, 15) is 4.79 Å². The SMILES string of the molecule is CC(Oc1cccc(CNCC(Oc2ccc(Cl)cc2)c2nc3ccccc3s2)c1)C(=O)O. The van der Waals surface area contributed by atoms with Gasteiger partial charge >= 0.3 is 5.97 Å². The van der Waals surface area contributed by atoms with Gasteiger partial charge in [-0.25, -0.2) is 9.78 Å². The van der Waals surface area contributed by atoms with E-state index in [4.69, 9.17) is 31.2 Å². The molecule has 6 nitrogen and oxygen atoms in total. The minimum absolute atomic E-state index is 0.296. The highest BCUT2D eigenvalue weighted by molar-refractivity contribution is 7.18. The summed E-state index contributed by atoms with van der Waals surface area (Å²) >= 11 is 7.62. The molecule has 33 heavy (non-hydrogen) atoms. The Hall–Kier alpha value is -3.13. The van der Waals surface area contributed by atoms with Gasteiger partial charge in [-0.3, -0.25) is 0 Å². The molecule has 8 heteroatoms. The lowest BCUT2D eigenvalue weighted by molar-refractivity contribution is -0.144. The number of para-hydroxylation sites is 1. The Bertz CT molecular complexity index is 1200. The lowest BCUT2D eigenvalue weighted by Gasteiger charge is -2.18. The van der Waals surface area contributed by atoms with Crippen LogP contribution in [0.2, 0.25) is 5.02 Å². The molecule has 0 saturated carbocycles. The maximum atomic E-state index is 11.0. The number of carbonyl (C=O) groups is 1. The number of carboxylic acids is 1. The molecule has 3 aromatic carbocycles. The number of aromatic nitrogens is 1. The van der Waals surface area contributed by atoms with E-state index >= 15 is 0 Å². The van der Waals surface area contributed by atoms with Gasteiger partial charge in [0, 0.05) is 18.1 Å². The molecule has 0 radical (unpaired) electrons. The average molecular weight is 483 g/mol. The Kier molecular flexibility index (Phi) is 7.44. The number of halogens is 1. The summed E-state index contributed by atoms with van der Waals surface area (Å²) in [7, 11) is 0. The summed E-state index contributed by atoms with van der Waals surface area (Å²) in [5, 5.41) is 14.0. The lowest BCUT2D eigenvalue weighted by Crippen LogP contribution is -2.25. The summed E-state index contributed by atoms with van der Waals surface area (Å²) in [6, 6.07) is 22.7. The highest BCUT2D eigenvalue weighted by atomic mass is 35.5. The number of fused-ring (bicyclic) bond motifs is 1. The van der Waals surface area contributed by atoms with E-state index in [2.05, 4.69) is 5.32 Å². The predicted molar refractivity (Wildman–Crippen MR) is 130 cm³/mol. The molecule has 0 spiro atoms. The molecule has 0 saturated heterocycles. The summed E-state index contributed by atoms with van der Waals surface area (Å²) in [5.41, 5.74) is 1.92. The van der Waals surface area contributed by atoms with Gasteiger partial charge in [0.15, 0.2) is 12.2 Å². The van der Waals surface area contributed by atoms with Crippen LogP contribution >= 0.6 is 22.9 Å². The summed E-state index contributed by atoms with van der Waals surface area (Å²) in [4.78, 5) is 15.8. The highest BCUT2D eigenvalue weighted by Gasteiger charge is 2.19. The van der Waals surface area contributed by atoms with E-state index in [-0.39, 0.29) is 6.10 Å². The molecular weight excluding hydrogens is 460 g/mol. The first-order valence-corrected chi connectivity index (χ1v) is 11.6. The number of nitrogens with one attached hydrogen (secondary N) is 1. The van der Waals surface area contributed by atoms with Crippen LogP contribution in [0.15, 0.2) is 72.8 Å². The summed E-state index contributed by atoms with van der Waals surface area (Å²) in [5.74, 6) is 0.226. The van der Waals surface area contributed by atoms with Gasteiger partial charge in [-0.1, -0.05) is 35.9 Å². The summed E-state index contributed by atoms with van der Waals surface area (Å²) in [6.45, 7) is 2.59. The number of benzene rings is 3. The smallest absolute Gasteiger partial charge is 0.344 e. The first-order chi connectivity index (χ1) is 16.0. The van der Waals surface area contributed by atoms with Crippen molar-refractivity contribution in [2.75, 3.05) is 6.54 Å². The van der Waals surface area contributed by atoms with Crippen molar-refractivity contribution in [3.63, 3.8) is 0 Å². The molecule has 1 heterocycles. The predicted octanol–water partition coefficient (Wildman–Crippen LogP) is 5.71. The van der Waals surface area contributed by atoms with Crippen LogP contribution in [0, 0.1) is 0 Å². The monoisotopic (exact) mass is 482 g/mol. The van der Waals surface area contributed by atoms with E-state index in [0.717, 1.165) is 20.8 Å². The normalized spacial score (nSPS) is 12.9. The Morgan fingerprint density at radius 1 is 1.06 bits per heavy atom. The van der Waals surface area contributed by atoms with E-state index in [1.807, 2.05) is 54.6 Å². The minimum Gasteiger partial charge on any atom is -0.482 e. The highest BCUT2D eigenvalue weighted by Crippen LogP contribution is 2.30. The van der Waals surface area contributed by atoms with Crippen molar-refractivity contribution < 1.29 is 19.4 Å². The van der Waals surface area contributed by atoms with Crippen LogP contribution in [0.4, 0.5) is 0 Å². The fraction of sp³-hybridized carbons (Fsp3) is 0.200. The first kappa shape index (κ1) is 23.0. The van der Waals surface area contributed by atoms with E-state index in [0.29, 0.717) is 29.6 Å². The molecule has 2 atom stereocenters. The fourth-order valence-electron chi connectivity index (χ4n) is 3.22. The minimum atomic E-state index is -1.00. The average Bonchev–Trinajstić information content (AvgIpc) is 3.24. The molecule has 2 unspecified atom stereocenters. The molecule has 1 aromatic heterocycles. The molecule has 0 aliphatic carbocycles. The summed E-state index contributed by atoms with van der Waals surface area (Å²) < 4.78 is 12.8. The molecule has 0 bridgehead atoms. The molecule has 0 fully saturated rings. The van der Waals surface area contributed by atoms with Crippen LogP contribution in [-0.2, 0) is 11.3 Å². The van der Waals surface area contributed by atoms with Crippen molar-refractivity contribution >= 4 is 39.1 Å². The maximum Gasteiger partial charge on any atom is 0.344 e. The second-order valence-electron chi connectivity index (χ2n) is 7.46. The zero-order chi connectivity index (χ0) is 23.2. The number of ether oxygens (including phenoxy) is 2. The van der Waals surface area contributed by atoms with E-state index in [1.165, 1.54) is 6.92 Å². The Balaban J connectivity index is 1.46. The number of nitrogens with zero attached hydrogens (tertiary/aromatic N) is 1. The van der Waals surface area contributed by atoms with Gasteiger partial charge in [-0.2, -0.15) is 0 Å². The third kappa shape index (κ3) is 6.22. The third-order valence-electron chi connectivity index (χ3n) is 4.90. The van der Waals surface area contributed by atoms with Crippen molar-refractivity contribution in [2.24, 2.45) is 0 Å². The van der Waals surface area contributed by atoms with Gasteiger partial charge in [0.05, 0.1) is 10.2 Å². The zero-order valence-corrected chi connectivity index (χ0v) is 19.5. The van der Waals surface area contributed by atoms with Gasteiger partial charge in [-0.05, 0) is 61.0 Å². The van der Waals surface area contributed by atoms with Gasteiger partial charge in [-0.15, -0.1) is 11.3 Å². The van der Waals surface area contributed by atoms with Crippen LogP contribution in [-0.4, -0.2) is 28.7 Å². The number of hydrogen-bond acceptors (Lipinski definition) is 6. The van der Waals surface area contributed by atoms with Crippen LogP contribution in [0.25, 0.3) is 10.2 Å². The molecule has 0 aliphatic rings. The Labute approximate surface area is 200 Å². The van der Waals surface area contributed by atoms with Gasteiger partial charge in [0.25, 0.3) is 0 Å². The topological polar surface area (TPSA) is 80.7 Å². The fourth-order valence-corrected chi connectivity index (χ4v) is 4.34. The summed E-state index contributed by atoms with van der Waals surface area (Å²) in [6.07, 6.45) is -1.21.